The Morgan fingerprint density at radius 2 is 1.56 bits per heavy atom. The molecule has 2 aromatic rings. The van der Waals surface area contributed by atoms with Gasteiger partial charge in [0.2, 0.25) is 0 Å². The monoisotopic (exact) mass is 234 g/mol. The second-order valence-corrected chi connectivity index (χ2v) is 3.74. The summed E-state index contributed by atoms with van der Waals surface area (Å²) in [7, 11) is 0. The number of aromatic nitrogens is 1. The lowest BCUT2D eigenvalue weighted by atomic mass is 10.1. The zero-order valence-corrected chi connectivity index (χ0v) is 10.00. The molecule has 1 heterocycles. The molecule has 1 aromatic carbocycles. The number of hydrogen-bond acceptors (Lipinski definition) is 1. The van der Waals surface area contributed by atoms with Crippen LogP contribution in [0.3, 0.4) is 0 Å². The Kier molecular flexibility index (Phi) is 4.32. The Morgan fingerprint density at radius 1 is 1.00 bits per heavy atom. The van der Waals surface area contributed by atoms with E-state index in [1.807, 2.05) is 12.4 Å². The van der Waals surface area contributed by atoms with Crippen molar-refractivity contribution in [2.24, 2.45) is 0 Å². The number of rotatable bonds is 2. The minimum absolute atomic E-state index is 0. The highest BCUT2D eigenvalue weighted by Gasteiger charge is 1.92. The normalized spacial score (nSPS) is 9.56. The second-order valence-electron chi connectivity index (χ2n) is 3.74. The van der Waals surface area contributed by atoms with E-state index in [2.05, 4.69) is 35.8 Å². The number of hydrogen-bond donors (Lipinski definition) is 1. The van der Waals surface area contributed by atoms with Gasteiger partial charge in [-0.05, 0) is 24.6 Å². The SMILES string of the molecule is Cc1ccc(Cn2ccc(=N)cc2)cc1.Cl. The van der Waals surface area contributed by atoms with Crippen LogP contribution in [-0.2, 0) is 6.54 Å². The smallest absolute Gasteiger partial charge is 0.0568 e. The maximum Gasteiger partial charge on any atom is 0.0568 e. The van der Waals surface area contributed by atoms with Crippen molar-refractivity contribution in [2.45, 2.75) is 13.5 Å². The van der Waals surface area contributed by atoms with Crippen molar-refractivity contribution < 1.29 is 0 Å². The number of benzene rings is 1. The fourth-order valence-electron chi connectivity index (χ4n) is 1.47. The predicted molar refractivity (Wildman–Crippen MR) is 67.8 cm³/mol. The van der Waals surface area contributed by atoms with Gasteiger partial charge in [-0.3, -0.25) is 0 Å². The average molecular weight is 235 g/mol. The van der Waals surface area contributed by atoms with Crippen LogP contribution in [0.4, 0.5) is 0 Å². The highest BCUT2D eigenvalue weighted by Crippen LogP contribution is 2.04. The van der Waals surface area contributed by atoms with Crippen molar-refractivity contribution in [3.8, 4) is 0 Å². The van der Waals surface area contributed by atoms with Gasteiger partial charge in [0.1, 0.15) is 0 Å². The van der Waals surface area contributed by atoms with Gasteiger partial charge in [0, 0.05) is 18.9 Å². The summed E-state index contributed by atoms with van der Waals surface area (Å²) in [6, 6.07) is 12.1. The van der Waals surface area contributed by atoms with E-state index in [1.54, 1.807) is 12.1 Å². The summed E-state index contributed by atoms with van der Waals surface area (Å²) < 4.78 is 2.07. The van der Waals surface area contributed by atoms with E-state index in [0.29, 0.717) is 5.36 Å². The molecule has 0 aliphatic carbocycles. The van der Waals surface area contributed by atoms with Crippen LogP contribution < -0.4 is 5.36 Å². The highest BCUT2D eigenvalue weighted by atomic mass is 35.5. The predicted octanol–water partition coefficient (Wildman–Crippen LogP) is 2.75. The molecular formula is C13H15ClN2. The van der Waals surface area contributed by atoms with Gasteiger partial charge in [0.05, 0.1) is 5.36 Å². The maximum absolute atomic E-state index is 7.39. The lowest BCUT2D eigenvalue weighted by Crippen LogP contribution is -2.04. The Hall–Kier alpha value is -1.54. The summed E-state index contributed by atoms with van der Waals surface area (Å²) in [5, 5.41) is 7.94. The molecule has 0 aliphatic heterocycles. The van der Waals surface area contributed by atoms with Gasteiger partial charge in [-0.25, -0.2) is 0 Å². The van der Waals surface area contributed by atoms with Gasteiger partial charge in [-0.2, -0.15) is 0 Å². The lowest BCUT2D eigenvalue weighted by Gasteiger charge is -2.06. The highest BCUT2D eigenvalue weighted by molar-refractivity contribution is 5.85. The van der Waals surface area contributed by atoms with E-state index in [9.17, 15) is 0 Å². The molecule has 2 nitrogen and oxygen atoms in total. The maximum atomic E-state index is 7.39. The molecule has 0 atom stereocenters. The first-order valence-electron chi connectivity index (χ1n) is 5.00. The minimum atomic E-state index is 0. The molecule has 2 rings (SSSR count). The molecule has 0 saturated heterocycles. The molecule has 84 valence electrons. The van der Waals surface area contributed by atoms with Gasteiger partial charge in [-0.15, -0.1) is 12.4 Å². The van der Waals surface area contributed by atoms with Crippen LogP contribution in [0.2, 0.25) is 0 Å². The van der Waals surface area contributed by atoms with Crippen LogP contribution in [0.15, 0.2) is 48.8 Å². The molecular weight excluding hydrogens is 220 g/mol. The van der Waals surface area contributed by atoms with Crippen molar-refractivity contribution >= 4 is 12.4 Å². The number of aryl methyl sites for hydroxylation is 1. The molecule has 0 saturated carbocycles. The Bertz CT molecular complexity index is 480. The first kappa shape index (κ1) is 12.5. The van der Waals surface area contributed by atoms with Crippen LogP contribution in [0, 0.1) is 12.3 Å². The van der Waals surface area contributed by atoms with Crippen LogP contribution in [0.5, 0.6) is 0 Å². The molecule has 0 bridgehead atoms. The summed E-state index contributed by atoms with van der Waals surface area (Å²) in [4.78, 5) is 0. The van der Waals surface area contributed by atoms with E-state index in [4.69, 9.17) is 5.41 Å². The van der Waals surface area contributed by atoms with Gasteiger partial charge in [-0.1, -0.05) is 29.8 Å². The molecule has 0 unspecified atom stereocenters. The second kappa shape index (κ2) is 5.52. The third-order valence-electron chi connectivity index (χ3n) is 2.38. The number of halogens is 1. The summed E-state index contributed by atoms with van der Waals surface area (Å²) in [6.07, 6.45) is 3.87. The Morgan fingerprint density at radius 3 is 2.12 bits per heavy atom. The van der Waals surface area contributed by atoms with Crippen LogP contribution in [0.25, 0.3) is 0 Å². The third-order valence-corrected chi connectivity index (χ3v) is 2.38. The molecule has 3 heteroatoms. The summed E-state index contributed by atoms with van der Waals surface area (Å²) in [5.41, 5.74) is 2.56. The summed E-state index contributed by atoms with van der Waals surface area (Å²) in [5.74, 6) is 0. The molecule has 1 N–H and O–H groups in total. The van der Waals surface area contributed by atoms with Gasteiger partial charge in [0.25, 0.3) is 0 Å². The molecule has 0 fully saturated rings. The van der Waals surface area contributed by atoms with E-state index in [1.165, 1.54) is 11.1 Å². The van der Waals surface area contributed by atoms with Crippen LogP contribution in [-0.4, -0.2) is 4.57 Å². The quantitative estimate of drug-likeness (QED) is 0.828. The van der Waals surface area contributed by atoms with Crippen LogP contribution >= 0.6 is 12.4 Å². The zero-order chi connectivity index (χ0) is 10.7. The molecule has 0 aliphatic rings. The lowest BCUT2D eigenvalue weighted by molar-refractivity contribution is 0.786. The largest absolute Gasteiger partial charge is 0.350 e. The number of pyridine rings is 1. The van der Waals surface area contributed by atoms with Gasteiger partial charge >= 0.3 is 0 Å². The fourth-order valence-corrected chi connectivity index (χ4v) is 1.47. The fraction of sp³-hybridized carbons (Fsp3) is 0.154. The first-order chi connectivity index (χ1) is 7.24. The van der Waals surface area contributed by atoms with E-state index in [0.717, 1.165) is 6.54 Å². The molecule has 1 aromatic heterocycles. The van der Waals surface area contributed by atoms with Gasteiger partial charge < -0.3 is 9.98 Å². The molecule has 0 spiro atoms. The Labute approximate surface area is 101 Å². The number of nitrogens with one attached hydrogen (secondary N) is 1. The van der Waals surface area contributed by atoms with E-state index >= 15 is 0 Å². The van der Waals surface area contributed by atoms with Crippen LogP contribution in [0.1, 0.15) is 11.1 Å². The zero-order valence-electron chi connectivity index (χ0n) is 9.18. The molecule has 0 amide bonds. The first-order valence-corrected chi connectivity index (χ1v) is 5.00. The van der Waals surface area contributed by atoms with E-state index < -0.39 is 0 Å². The minimum Gasteiger partial charge on any atom is -0.350 e. The summed E-state index contributed by atoms with van der Waals surface area (Å²) >= 11 is 0. The number of nitrogens with zero attached hydrogens (tertiary/aromatic N) is 1. The third kappa shape index (κ3) is 3.24. The van der Waals surface area contributed by atoms with Crippen molar-refractivity contribution in [2.75, 3.05) is 0 Å². The average Bonchev–Trinajstić information content (AvgIpc) is 2.25. The van der Waals surface area contributed by atoms with Crippen molar-refractivity contribution in [1.82, 2.24) is 4.57 Å². The molecule has 16 heavy (non-hydrogen) atoms. The standard InChI is InChI=1S/C13H14N2.ClH/c1-11-2-4-12(5-3-11)10-15-8-6-13(14)7-9-15;/h2-9,14H,10H2,1H3;1H. The van der Waals surface area contributed by atoms with Crippen molar-refractivity contribution in [1.29, 1.82) is 5.41 Å². The van der Waals surface area contributed by atoms with E-state index in [-0.39, 0.29) is 12.4 Å². The van der Waals surface area contributed by atoms with Gasteiger partial charge in [0.15, 0.2) is 0 Å². The topological polar surface area (TPSA) is 28.8 Å². The van der Waals surface area contributed by atoms with Crippen molar-refractivity contribution in [3.63, 3.8) is 0 Å². The molecule has 0 radical (unpaired) electrons. The Balaban J connectivity index is 0.00000128. The summed E-state index contributed by atoms with van der Waals surface area (Å²) in [6.45, 7) is 2.95. The van der Waals surface area contributed by atoms with Crippen molar-refractivity contribution in [3.05, 3.63) is 65.3 Å².